The fourth-order valence-electron chi connectivity index (χ4n) is 3.17. The summed E-state index contributed by atoms with van der Waals surface area (Å²) in [6, 6.07) is 11.9. The quantitative estimate of drug-likeness (QED) is 0.771. The van der Waals surface area contributed by atoms with E-state index in [0.29, 0.717) is 11.1 Å². The highest BCUT2D eigenvalue weighted by atomic mass is 32.2. The van der Waals surface area contributed by atoms with E-state index in [9.17, 15) is 17.9 Å². The Balaban J connectivity index is 1.70. The summed E-state index contributed by atoms with van der Waals surface area (Å²) >= 11 is 0. The van der Waals surface area contributed by atoms with E-state index in [-0.39, 0.29) is 42.5 Å². The standard InChI is InChI=1S/C20H18FN3O4S/c1-14-6-15(8-22)2-5-19(14)29(26,27)24-10-20(11-24,12-25)13-28-17-4-3-16(9-23)18(21)7-17/h2-7,25H,10-13H2,1H3. The second-order valence-electron chi connectivity index (χ2n) is 7.07. The highest BCUT2D eigenvalue weighted by Gasteiger charge is 2.49. The number of aliphatic hydroxyl groups excluding tert-OH is 1. The van der Waals surface area contributed by atoms with E-state index in [1.54, 1.807) is 13.0 Å². The van der Waals surface area contributed by atoms with Crippen LogP contribution in [0.4, 0.5) is 4.39 Å². The fraction of sp³-hybridized carbons (Fsp3) is 0.300. The van der Waals surface area contributed by atoms with Gasteiger partial charge < -0.3 is 9.84 Å². The van der Waals surface area contributed by atoms with Crippen molar-refractivity contribution < 1.29 is 22.7 Å². The molecule has 1 N–H and O–H groups in total. The summed E-state index contributed by atoms with van der Waals surface area (Å²) in [5.41, 5.74) is -0.0709. The predicted molar refractivity (Wildman–Crippen MR) is 101 cm³/mol. The third-order valence-electron chi connectivity index (χ3n) is 4.89. The molecule has 0 aromatic heterocycles. The maximum atomic E-state index is 13.7. The molecule has 0 saturated carbocycles. The second kappa shape index (κ2) is 7.80. The van der Waals surface area contributed by atoms with Crippen molar-refractivity contribution in [2.45, 2.75) is 11.8 Å². The van der Waals surface area contributed by atoms with Crippen molar-refractivity contribution in [2.75, 3.05) is 26.3 Å². The minimum absolute atomic E-state index is 0.00673. The summed E-state index contributed by atoms with van der Waals surface area (Å²) in [4.78, 5) is 0.109. The predicted octanol–water partition coefficient (Wildman–Crippen LogP) is 1.94. The van der Waals surface area contributed by atoms with Gasteiger partial charge in [0.15, 0.2) is 0 Å². The molecule has 1 aliphatic heterocycles. The molecule has 1 heterocycles. The maximum absolute atomic E-state index is 13.7. The average Bonchev–Trinajstić information content (AvgIpc) is 2.67. The van der Waals surface area contributed by atoms with Crippen LogP contribution in [-0.4, -0.2) is 44.1 Å². The first kappa shape index (κ1) is 20.7. The van der Waals surface area contributed by atoms with Crippen molar-refractivity contribution in [3.63, 3.8) is 0 Å². The van der Waals surface area contributed by atoms with Crippen LogP contribution in [0.3, 0.4) is 0 Å². The highest BCUT2D eigenvalue weighted by molar-refractivity contribution is 7.89. The topological polar surface area (TPSA) is 114 Å². The van der Waals surface area contributed by atoms with Crippen molar-refractivity contribution in [3.8, 4) is 17.9 Å². The Labute approximate surface area is 168 Å². The van der Waals surface area contributed by atoms with E-state index in [4.69, 9.17) is 15.3 Å². The number of aliphatic hydroxyl groups is 1. The first-order chi connectivity index (χ1) is 13.7. The molecule has 0 aliphatic carbocycles. The summed E-state index contributed by atoms with van der Waals surface area (Å²) in [5.74, 6) is -0.518. The molecular formula is C20H18FN3O4S. The number of sulfonamides is 1. The molecule has 1 saturated heterocycles. The Morgan fingerprint density at radius 3 is 2.48 bits per heavy atom. The van der Waals surface area contributed by atoms with E-state index in [2.05, 4.69) is 0 Å². The van der Waals surface area contributed by atoms with Crippen LogP contribution in [-0.2, 0) is 10.0 Å². The lowest BCUT2D eigenvalue weighted by molar-refractivity contribution is -0.0273. The second-order valence-corrected chi connectivity index (χ2v) is 8.97. The molecule has 0 spiro atoms. The first-order valence-electron chi connectivity index (χ1n) is 8.69. The van der Waals surface area contributed by atoms with Crippen LogP contribution in [0, 0.1) is 40.8 Å². The van der Waals surface area contributed by atoms with Gasteiger partial charge in [-0.05, 0) is 42.8 Å². The minimum atomic E-state index is -3.78. The lowest BCUT2D eigenvalue weighted by atomic mass is 9.83. The molecule has 29 heavy (non-hydrogen) atoms. The lowest BCUT2D eigenvalue weighted by Crippen LogP contribution is -2.62. The summed E-state index contributed by atoms with van der Waals surface area (Å²) < 4.78 is 46.2. The number of hydrogen-bond acceptors (Lipinski definition) is 6. The van der Waals surface area contributed by atoms with E-state index in [1.807, 2.05) is 6.07 Å². The van der Waals surface area contributed by atoms with Crippen LogP contribution in [0.25, 0.3) is 0 Å². The summed E-state index contributed by atoms with van der Waals surface area (Å²) in [5, 5.41) is 27.5. The van der Waals surface area contributed by atoms with Crippen molar-refractivity contribution in [2.24, 2.45) is 5.41 Å². The zero-order valence-electron chi connectivity index (χ0n) is 15.6. The molecule has 1 fully saturated rings. The number of ether oxygens (including phenoxy) is 1. The highest BCUT2D eigenvalue weighted by Crippen LogP contribution is 2.36. The molecule has 3 rings (SSSR count). The van der Waals surface area contributed by atoms with Crippen molar-refractivity contribution >= 4 is 10.0 Å². The number of aryl methyl sites for hydroxylation is 1. The molecule has 1 aliphatic rings. The molecular weight excluding hydrogens is 397 g/mol. The lowest BCUT2D eigenvalue weighted by Gasteiger charge is -2.47. The van der Waals surface area contributed by atoms with Gasteiger partial charge in [-0.1, -0.05) is 0 Å². The zero-order valence-corrected chi connectivity index (χ0v) is 16.4. The summed E-state index contributed by atoms with van der Waals surface area (Å²) in [6.45, 7) is 1.40. The van der Waals surface area contributed by atoms with E-state index < -0.39 is 21.3 Å². The Morgan fingerprint density at radius 2 is 1.93 bits per heavy atom. The van der Waals surface area contributed by atoms with Crippen LogP contribution >= 0.6 is 0 Å². The van der Waals surface area contributed by atoms with Crippen molar-refractivity contribution in [1.82, 2.24) is 4.31 Å². The van der Waals surface area contributed by atoms with Gasteiger partial charge in [-0.15, -0.1) is 0 Å². The molecule has 0 unspecified atom stereocenters. The van der Waals surface area contributed by atoms with E-state index in [0.717, 1.165) is 6.07 Å². The minimum Gasteiger partial charge on any atom is -0.493 e. The molecule has 150 valence electrons. The van der Waals surface area contributed by atoms with Crippen LogP contribution in [0.1, 0.15) is 16.7 Å². The number of benzene rings is 2. The van der Waals surface area contributed by atoms with Crippen LogP contribution < -0.4 is 4.74 Å². The number of hydrogen-bond donors (Lipinski definition) is 1. The number of rotatable bonds is 6. The fourth-order valence-corrected chi connectivity index (χ4v) is 5.04. The van der Waals surface area contributed by atoms with Gasteiger partial charge in [-0.25, -0.2) is 12.8 Å². The third kappa shape index (κ3) is 3.94. The van der Waals surface area contributed by atoms with E-state index >= 15 is 0 Å². The first-order valence-corrected chi connectivity index (χ1v) is 10.1. The molecule has 0 atom stereocenters. The summed E-state index contributed by atoms with van der Waals surface area (Å²) in [7, 11) is -3.78. The van der Waals surface area contributed by atoms with Gasteiger partial charge in [0.2, 0.25) is 10.0 Å². The van der Waals surface area contributed by atoms with Crippen molar-refractivity contribution in [3.05, 3.63) is 58.9 Å². The summed E-state index contributed by atoms with van der Waals surface area (Å²) in [6.07, 6.45) is 0. The van der Waals surface area contributed by atoms with Gasteiger partial charge in [-0.3, -0.25) is 0 Å². The number of halogens is 1. The molecule has 0 radical (unpaired) electrons. The Morgan fingerprint density at radius 1 is 1.21 bits per heavy atom. The van der Waals surface area contributed by atoms with Gasteiger partial charge in [0, 0.05) is 19.2 Å². The average molecular weight is 415 g/mol. The Bertz CT molecular complexity index is 1130. The van der Waals surface area contributed by atoms with Crippen molar-refractivity contribution in [1.29, 1.82) is 10.5 Å². The SMILES string of the molecule is Cc1cc(C#N)ccc1S(=O)(=O)N1CC(CO)(COc2ccc(C#N)c(F)c2)C1. The van der Waals surface area contributed by atoms with Gasteiger partial charge in [0.1, 0.15) is 17.6 Å². The monoisotopic (exact) mass is 415 g/mol. The normalized spacial score (nSPS) is 15.8. The van der Waals surface area contributed by atoms with E-state index in [1.165, 1.54) is 34.6 Å². The van der Waals surface area contributed by atoms with Crippen LogP contribution in [0.2, 0.25) is 0 Å². The molecule has 7 nitrogen and oxygen atoms in total. The molecule has 2 aromatic carbocycles. The molecule has 9 heteroatoms. The van der Waals surface area contributed by atoms with Gasteiger partial charge in [0.25, 0.3) is 0 Å². The molecule has 0 bridgehead atoms. The third-order valence-corrected chi connectivity index (χ3v) is 6.84. The molecule has 0 amide bonds. The van der Waals surface area contributed by atoms with Crippen LogP contribution in [0.5, 0.6) is 5.75 Å². The maximum Gasteiger partial charge on any atom is 0.243 e. The largest absolute Gasteiger partial charge is 0.493 e. The Kier molecular flexibility index (Phi) is 5.58. The molecule has 2 aromatic rings. The number of nitrogens with zero attached hydrogens (tertiary/aromatic N) is 3. The van der Waals surface area contributed by atoms with Gasteiger partial charge >= 0.3 is 0 Å². The zero-order chi connectivity index (χ0) is 21.2. The van der Waals surface area contributed by atoms with Gasteiger partial charge in [0.05, 0.1) is 40.7 Å². The Hall–Kier alpha value is -2.98. The smallest absolute Gasteiger partial charge is 0.243 e. The van der Waals surface area contributed by atoms with Gasteiger partial charge in [-0.2, -0.15) is 14.8 Å². The number of nitriles is 2. The van der Waals surface area contributed by atoms with Crippen LogP contribution in [0.15, 0.2) is 41.3 Å².